The molecule has 0 aliphatic heterocycles. The van der Waals surface area contributed by atoms with Crippen molar-refractivity contribution in [2.24, 2.45) is 0 Å². The molecule has 1 amide bonds. The summed E-state index contributed by atoms with van der Waals surface area (Å²) in [6.07, 6.45) is 0. The van der Waals surface area contributed by atoms with Crippen LogP contribution in [0.2, 0.25) is 10.0 Å². The largest absolute Gasteiger partial charge is 0.484 e. The Kier molecular flexibility index (Phi) is 5.53. The number of nitrogens with zero attached hydrogens (tertiary/aromatic N) is 2. The quantitative estimate of drug-likeness (QED) is 0.707. The van der Waals surface area contributed by atoms with E-state index in [0.717, 1.165) is 5.56 Å². The van der Waals surface area contributed by atoms with Gasteiger partial charge >= 0.3 is 0 Å². The van der Waals surface area contributed by atoms with Crippen LogP contribution in [0.15, 0.2) is 53.1 Å². The molecule has 0 atom stereocenters. The normalized spacial score (nSPS) is 10.5. The number of hydrogen-bond acceptors (Lipinski definition) is 5. The average molecular weight is 378 g/mol. The minimum absolute atomic E-state index is 0.109. The standard InChI is InChI=1S/C17H13Cl2N3O3/c18-12-6-4-11(5-7-12)17-21-16(25-22-17)9-20-15(23)10-24-14-3-1-2-13(19)8-14/h1-8H,9-10H2,(H,20,23). The van der Waals surface area contributed by atoms with Crippen molar-refractivity contribution in [1.82, 2.24) is 15.5 Å². The number of rotatable bonds is 6. The lowest BCUT2D eigenvalue weighted by Gasteiger charge is -2.06. The first kappa shape index (κ1) is 17.3. The second-order valence-corrected chi connectivity index (χ2v) is 5.91. The fourth-order valence-electron chi connectivity index (χ4n) is 1.97. The molecule has 25 heavy (non-hydrogen) atoms. The molecule has 0 fully saturated rings. The number of benzene rings is 2. The van der Waals surface area contributed by atoms with Crippen molar-refractivity contribution in [2.45, 2.75) is 6.54 Å². The number of hydrogen-bond donors (Lipinski definition) is 1. The summed E-state index contributed by atoms with van der Waals surface area (Å²) in [6.45, 7) is -0.0309. The highest BCUT2D eigenvalue weighted by molar-refractivity contribution is 6.30. The molecule has 128 valence electrons. The maximum atomic E-state index is 11.8. The Hall–Kier alpha value is -2.57. The van der Waals surface area contributed by atoms with Crippen molar-refractivity contribution in [1.29, 1.82) is 0 Å². The van der Waals surface area contributed by atoms with E-state index in [1.165, 1.54) is 0 Å². The van der Waals surface area contributed by atoms with Crippen molar-refractivity contribution in [2.75, 3.05) is 6.61 Å². The molecule has 0 bridgehead atoms. The van der Waals surface area contributed by atoms with Crippen molar-refractivity contribution < 1.29 is 14.1 Å². The molecule has 0 aliphatic rings. The van der Waals surface area contributed by atoms with E-state index >= 15 is 0 Å². The second kappa shape index (κ2) is 8.00. The number of halogens is 2. The molecule has 1 heterocycles. The van der Waals surface area contributed by atoms with E-state index in [4.69, 9.17) is 32.5 Å². The molecular weight excluding hydrogens is 365 g/mol. The lowest BCUT2D eigenvalue weighted by molar-refractivity contribution is -0.123. The highest BCUT2D eigenvalue weighted by Gasteiger charge is 2.10. The van der Waals surface area contributed by atoms with Crippen molar-refractivity contribution >= 4 is 29.1 Å². The molecule has 0 aliphatic carbocycles. The average Bonchev–Trinajstić information content (AvgIpc) is 3.08. The first-order chi connectivity index (χ1) is 12.1. The Labute approximate surface area is 153 Å². The fraction of sp³-hybridized carbons (Fsp3) is 0.118. The van der Waals surface area contributed by atoms with Gasteiger partial charge in [0.25, 0.3) is 5.91 Å². The van der Waals surface area contributed by atoms with E-state index < -0.39 is 0 Å². The van der Waals surface area contributed by atoms with E-state index in [1.54, 1.807) is 48.5 Å². The van der Waals surface area contributed by atoms with Crippen LogP contribution in [-0.4, -0.2) is 22.7 Å². The number of nitrogens with one attached hydrogen (secondary N) is 1. The summed E-state index contributed by atoms with van der Waals surface area (Å²) in [4.78, 5) is 16.0. The minimum atomic E-state index is -0.314. The summed E-state index contributed by atoms with van der Waals surface area (Å²) >= 11 is 11.7. The van der Waals surface area contributed by atoms with Crippen molar-refractivity contribution in [3.8, 4) is 17.1 Å². The maximum Gasteiger partial charge on any atom is 0.258 e. The molecule has 6 nitrogen and oxygen atoms in total. The van der Waals surface area contributed by atoms with Crippen LogP contribution in [0.1, 0.15) is 5.89 Å². The van der Waals surface area contributed by atoms with Crippen LogP contribution in [-0.2, 0) is 11.3 Å². The van der Waals surface area contributed by atoms with Crippen LogP contribution in [0.4, 0.5) is 0 Å². The summed E-state index contributed by atoms with van der Waals surface area (Å²) in [5.74, 6) is 0.925. The molecule has 0 radical (unpaired) electrons. The van der Waals surface area contributed by atoms with Crippen LogP contribution in [0.25, 0.3) is 11.4 Å². The topological polar surface area (TPSA) is 77.2 Å². The highest BCUT2D eigenvalue weighted by atomic mass is 35.5. The third-order valence-corrected chi connectivity index (χ3v) is 3.66. The first-order valence-electron chi connectivity index (χ1n) is 7.34. The molecule has 2 aromatic carbocycles. The Morgan fingerprint density at radius 1 is 1.12 bits per heavy atom. The molecule has 0 unspecified atom stereocenters. The van der Waals surface area contributed by atoms with Crippen LogP contribution >= 0.6 is 23.2 Å². The van der Waals surface area contributed by atoms with Gasteiger partial charge in [0.15, 0.2) is 6.61 Å². The van der Waals surface area contributed by atoms with Gasteiger partial charge in [0.05, 0.1) is 6.54 Å². The first-order valence-corrected chi connectivity index (χ1v) is 8.09. The molecule has 8 heteroatoms. The minimum Gasteiger partial charge on any atom is -0.484 e. The van der Waals surface area contributed by atoms with E-state index in [2.05, 4.69) is 15.5 Å². The smallest absolute Gasteiger partial charge is 0.258 e. The van der Waals surface area contributed by atoms with Gasteiger partial charge in [-0.25, -0.2) is 0 Å². The van der Waals surface area contributed by atoms with Gasteiger partial charge in [-0.15, -0.1) is 0 Å². The Morgan fingerprint density at radius 3 is 2.68 bits per heavy atom. The molecule has 1 N–H and O–H groups in total. The number of carbonyl (C=O) groups excluding carboxylic acids is 1. The zero-order valence-electron chi connectivity index (χ0n) is 12.9. The van der Waals surface area contributed by atoms with Gasteiger partial charge in [0.2, 0.25) is 11.7 Å². The SMILES string of the molecule is O=C(COc1cccc(Cl)c1)NCc1nc(-c2ccc(Cl)cc2)no1. The lowest BCUT2D eigenvalue weighted by atomic mass is 10.2. The van der Waals surface area contributed by atoms with Gasteiger partial charge < -0.3 is 14.6 Å². The fourth-order valence-corrected chi connectivity index (χ4v) is 2.28. The van der Waals surface area contributed by atoms with Gasteiger partial charge in [0.1, 0.15) is 5.75 Å². The van der Waals surface area contributed by atoms with Gasteiger partial charge in [-0.1, -0.05) is 34.4 Å². The number of carbonyl (C=O) groups is 1. The molecule has 0 saturated heterocycles. The molecule has 3 aromatic rings. The molecule has 0 spiro atoms. The summed E-state index contributed by atoms with van der Waals surface area (Å²) in [5.41, 5.74) is 0.773. The number of aromatic nitrogens is 2. The van der Waals surface area contributed by atoms with Crippen LogP contribution in [0.3, 0.4) is 0 Å². The van der Waals surface area contributed by atoms with Crippen LogP contribution < -0.4 is 10.1 Å². The Bertz CT molecular complexity index is 866. The highest BCUT2D eigenvalue weighted by Crippen LogP contribution is 2.19. The summed E-state index contributed by atoms with van der Waals surface area (Å²) in [7, 11) is 0. The molecule has 3 rings (SSSR count). The maximum absolute atomic E-state index is 11.8. The summed E-state index contributed by atoms with van der Waals surface area (Å²) < 4.78 is 10.5. The zero-order valence-corrected chi connectivity index (χ0v) is 14.4. The van der Waals surface area contributed by atoms with Crippen molar-refractivity contribution in [3.05, 3.63) is 64.5 Å². The third-order valence-electron chi connectivity index (χ3n) is 3.17. The predicted molar refractivity (Wildman–Crippen MR) is 93.5 cm³/mol. The monoisotopic (exact) mass is 377 g/mol. The van der Waals surface area contributed by atoms with E-state index in [0.29, 0.717) is 27.5 Å². The van der Waals surface area contributed by atoms with E-state index in [-0.39, 0.29) is 19.1 Å². The Balaban J connectivity index is 1.50. The van der Waals surface area contributed by atoms with Crippen LogP contribution in [0.5, 0.6) is 5.75 Å². The predicted octanol–water partition coefficient (Wildman–Crippen LogP) is 3.74. The van der Waals surface area contributed by atoms with Gasteiger partial charge in [-0.2, -0.15) is 4.98 Å². The summed E-state index contributed by atoms with van der Waals surface area (Å²) in [6, 6.07) is 13.9. The van der Waals surface area contributed by atoms with E-state index in [9.17, 15) is 4.79 Å². The molecular formula is C17H13Cl2N3O3. The van der Waals surface area contributed by atoms with Gasteiger partial charge in [-0.3, -0.25) is 4.79 Å². The number of ether oxygens (including phenoxy) is 1. The van der Waals surface area contributed by atoms with Gasteiger partial charge in [-0.05, 0) is 42.5 Å². The lowest BCUT2D eigenvalue weighted by Crippen LogP contribution is -2.28. The molecule has 0 saturated carbocycles. The van der Waals surface area contributed by atoms with E-state index in [1.807, 2.05) is 0 Å². The van der Waals surface area contributed by atoms with Crippen molar-refractivity contribution in [3.63, 3.8) is 0 Å². The number of amides is 1. The Morgan fingerprint density at radius 2 is 1.92 bits per heavy atom. The zero-order chi connectivity index (χ0) is 17.6. The second-order valence-electron chi connectivity index (χ2n) is 5.04. The van der Waals surface area contributed by atoms with Crippen LogP contribution in [0, 0.1) is 0 Å². The summed E-state index contributed by atoms with van der Waals surface area (Å²) in [5, 5.41) is 7.68. The molecule has 1 aromatic heterocycles. The van der Waals surface area contributed by atoms with Gasteiger partial charge in [0, 0.05) is 15.6 Å². The third kappa shape index (κ3) is 4.95.